The van der Waals surface area contributed by atoms with Crippen LogP contribution >= 0.6 is 11.6 Å². The van der Waals surface area contributed by atoms with Crippen molar-refractivity contribution in [2.75, 3.05) is 50.7 Å². The van der Waals surface area contributed by atoms with Crippen LogP contribution < -0.4 is 10.2 Å². The predicted molar refractivity (Wildman–Crippen MR) is 83.3 cm³/mol. The summed E-state index contributed by atoms with van der Waals surface area (Å²) in [6, 6.07) is 8.16. The molecule has 1 aromatic carbocycles. The standard InChI is InChI=1S/C15H24ClN3/c1-2-7-17-8-9-18-10-12-19(13-11-18)15-5-3-14(16)4-6-15/h3-6,17H,2,7-13H2,1H3. The first-order valence-corrected chi connectivity index (χ1v) is 7.61. The van der Waals surface area contributed by atoms with Gasteiger partial charge in [-0.15, -0.1) is 0 Å². The maximum Gasteiger partial charge on any atom is 0.0407 e. The highest BCUT2D eigenvalue weighted by molar-refractivity contribution is 6.30. The third-order valence-corrected chi connectivity index (χ3v) is 3.85. The Morgan fingerprint density at radius 2 is 1.74 bits per heavy atom. The Morgan fingerprint density at radius 3 is 2.37 bits per heavy atom. The van der Waals surface area contributed by atoms with Crippen molar-refractivity contribution in [3.05, 3.63) is 29.3 Å². The molecular weight excluding hydrogens is 258 g/mol. The summed E-state index contributed by atoms with van der Waals surface area (Å²) < 4.78 is 0. The minimum atomic E-state index is 0.810. The first kappa shape index (κ1) is 14.6. The fourth-order valence-electron chi connectivity index (χ4n) is 2.42. The SMILES string of the molecule is CCCNCCN1CCN(c2ccc(Cl)cc2)CC1. The van der Waals surface area contributed by atoms with Gasteiger partial charge in [0.1, 0.15) is 0 Å². The van der Waals surface area contributed by atoms with E-state index >= 15 is 0 Å². The second-order valence-corrected chi connectivity index (χ2v) is 5.49. The first-order chi connectivity index (χ1) is 9.29. The van der Waals surface area contributed by atoms with Crippen LogP contribution in [0, 0.1) is 0 Å². The van der Waals surface area contributed by atoms with E-state index in [0.29, 0.717) is 0 Å². The molecule has 1 N–H and O–H groups in total. The fourth-order valence-corrected chi connectivity index (χ4v) is 2.55. The predicted octanol–water partition coefficient (Wildman–Crippen LogP) is 2.46. The number of anilines is 1. The summed E-state index contributed by atoms with van der Waals surface area (Å²) in [5, 5.41) is 4.27. The minimum Gasteiger partial charge on any atom is -0.369 e. The van der Waals surface area contributed by atoms with Crippen LogP contribution in [0.3, 0.4) is 0 Å². The van der Waals surface area contributed by atoms with E-state index in [1.807, 2.05) is 12.1 Å². The minimum absolute atomic E-state index is 0.810. The molecule has 0 saturated carbocycles. The summed E-state index contributed by atoms with van der Waals surface area (Å²) >= 11 is 5.92. The van der Waals surface area contributed by atoms with Crippen LogP contribution in [0.4, 0.5) is 5.69 Å². The molecule has 0 radical (unpaired) electrons. The van der Waals surface area contributed by atoms with Gasteiger partial charge in [0.2, 0.25) is 0 Å². The van der Waals surface area contributed by atoms with E-state index in [1.54, 1.807) is 0 Å². The molecule has 0 spiro atoms. The van der Waals surface area contributed by atoms with Gasteiger partial charge in [-0.1, -0.05) is 18.5 Å². The van der Waals surface area contributed by atoms with Crippen LogP contribution in [0.15, 0.2) is 24.3 Å². The molecule has 0 unspecified atom stereocenters. The number of benzene rings is 1. The number of halogens is 1. The normalized spacial score (nSPS) is 16.8. The molecule has 19 heavy (non-hydrogen) atoms. The number of hydrogen-bond donors (Lipinski definition) is 1. The molecule has 1 aromatic rings. The monoisotopic (exact) mass is 281 g/mol. The molecule has 0 atom stereocenters. The van der Waals surface area contributed by atoms with Gasteiger partial charge in [-0.25, -0.2) is 0 Å². The quantitative estimate of drug-likeness (QED) is 0.808. The highest BCUT2D eigenvalue weighted by Gasteiger charge is 2.16. The van der Waals surface area contributed by atoms with Crippen molar-refractivity contribution in [3.8, 4) is 0 Å². The molecule has 106 valence electrons. The molecular formula is C15H24ClN3. The Kier molecular flexibility index (Phi) is 5.95. The van der Waals surface area contributed by atoms with Crippen LogP contribution in [0.5, 0.6) is 0 Å². The van der Waals surface area contributed by atoms with Crippen LogP contribution in [-0.4, -0.2) is 50.7 Å². The van der Waals surface area contributed by atoms with Crippen molar-refractivity contribution in [1.82, 2.24) is 10.2 Å². The van der Waals surface area contributed by atoms with Crippen LogP contribution in [0.2, 0.25) is 5.02 Å². The number of hydrogen-bond acceptors (Lipinski definition) is 3. The van der Waals surface area contributed by atoms with E-state index < -0.39 is 0 Å². The van der Waals surface area contributed by atoms with Crippen LogP contribution in [0.1, 0.15) is 13.3 Å². The Bertz CT molecular complexity index is 358. The number of rotatable bonds is 6. The second kappa shape index (κ2) is 7.73. The Labute approximate surface area is 121 Å². The zero-order chi connectivity index (χ0) is 13.5. The molecule has 3 nitrogen and oxygen atoms in total. The highest BCUT2D eigenvalue weighted by atomic mass is 35.5. The van der Waals surface area contributed by atoms with Gasteiger partial charge in [-0.05, 0) is 37.2 Å². The number of nitrogens with zero attached hydrogens (tertiary/aromatic N) is 2. The molecule has 1 aliphatic rings. The molecule has 1 fully saturated rings. The highest BCUT2D eigenvalue weighted by Crippen LogP contribution is 2.19. The van der Waals surface area contributed by atoms with E-state index in [1.165, 1.54) is 12.1 Å². The summed E-state index contributed by atoms with van der Waals surface area (Å²) in [5.74, 6) is 0. The third-order valence-electron chi connectivity index (χ3n) is 3.60. The topological polar surface area (TPSA) is 18.5 Å². The lowest BCUT2D eigenvalue weighted by Crippen LogP contribution is -2.48. The lowest BCUT2D eigenvalue weighted by Gasteiger charge is -2.36. The Balaban J connectivity index is 1.71. The van der Waals surface area contributed by atoms with Crippen molar-refractivity contribution >= 4 is 17.3 Å². The first-order valence-electron chi connectivity index (χ1n) is 7.23. The van der Waals surface area contributed by atoms with Crippen molar-refractivity contribution < 1.29 is 0 Å². The van der Waals surface area contributed by atoms with Crippen LogP contribution in [0.25, 0.3) is 0 Å². The summed E-state index contributed by atoms with van der Waals surface area (Å²) in [4.78, 5) is 4.97. The number of piperazine rings is 1. The van der Waals surface area contributed by atoms with E-state index in [9.17, 15) is 0 Å². The summed E-state index contributed by atoms with van der Waals surface area (Å²) in [6.07, 6.45) is 1.21. The van der Waals surface area contributed by atoms with Gasteiger partial charge in [0, 0.05) is 50.0 Å². The molecule has 0 aliphatic carbocycles. The van der Waals surface area contributed by atoms with E-state index in [0.717, 1.165) is 50.8 Å². The average molecular weight is 282 g/mol. The molecule has 2 rings (SSSR count). The van der Waals surface area contributed by atoms with E-state index in [-0.39, 0.29) is 0 Å². The van der Waals surface area contributed by atoms with Gasteiger partial charge < -0.3 is 10.2 Å². The molecule has 1 heterocycles. The average Bonchev–Trinajstić information content (AvgIpc) is 2.45. The van der Waals surface area contributed by atoms with Gasteiger partial charge in [-0.3, -0.25) is 4.90 Å². The molecule has 1 saturated heterocycles. The van der Waals surface area contributed by atoms with Gasteiger partial charge in [0.25, 0.3) is 0 Å². The Morgan fingerprint density at radius 1 is 1.05 bits per heavy atom. The number of nitrogens with one attached hydrogen (secondary N) is 1. The summed E-state index contributed by atoms with van der Waals surface area (Å²) in [5.41, 5.74) is 1.29. The summed E-state index contributed by atoms with van der Waals surface area (Å²) in [7, 11) is 0. The second-order valence-electron chi connectivity index (χ2n) is 5.06. The van der Waals surface area contributed by atoms with Gasteiger partial charge >= 0.3 is 0 Å². The van der Waals surface area contributed by atoms with Crippen molar-refractivity contribution in [2.24, 2.45) is 0 Å². The van der Waals surface area contributed by atoms with Crippen molar-refractivity contribution in [3.63, 3.8) is 0 Å². The summed E-state index contributed by atoms with van der Waals surface area (Å²) in [6.45, 7) is 10.1. The lowest BCUT2D eigenvalue weighted by atomic mass is 10.2. The van der Waals surface area contributed by atoms with Crippen LogP contribution in [-0.2, 0) is 0 Å². The smallest absolute Gasteiger partial charge is 0.0407 e. The maximum absolute atomic E-state index is 5.92. The largest absolute Gasteiger partial charge is 0.369 e. The van der Waals surface area contributed by atoms with E-state index in [4.69, 9.17) is 11.6 Å². The van der Waals surface area contributed by atoms with Crippen molar-refractivity contribution in [1.29, 1.82) is 0 Å². The Hall–Kier alpha value is -0.770. The van der Waals surface area contributed by atoms with Crippen molar-refractivity contribution in [2.45, 2.75) is 13.3 Å². The third kappa shape index (κ3) is 4.68. The van der Waals surface area contributed by atoms with Gasteiger partial charge in [0.05, 0.1) is 0 Å². The lowest BCUT2D eigenvalue weighted by molar-refractivity contribution is 0.258. The zero-order valence-corrected chi connectivity index (χ0v) is 12.5. The zero-order valence-electron chi connectivity index (χ0n) is 11.7. The molecule has 0 amide bonds. The fraction of sp³-hybridized carbons (Fsp3) is 0.600. The molecule has 1 aliphatic heterocycles. The van der Waals surface area contributed by atoms with Gasteiger partial charge in [0.15, 0.2) is 0 Å². The molecule has 0 aromatic heterocycles. The van der Waals surface area contributed by atoms with E-state index in [2.05, 4.69) is 34.2 Å². The molecule has 4 heteroatoms. The molecule has 0 bridgehead atoms. The maximum atomic E-state index is 5.92. The van der Waals surface area contributed by atoms with Gasteiger partial charge in [-0.2, -0.15) is 0 Å².